The average Bonchev–Trinajstić information content (AvgIpc) is 2.61. The molecule has 1 amide bonds. The molecule has 2 aliphatic heterocycles. The Labute approximate surface area is 138 Å². The van der Waals surface area contributed by atoms with E-state index in [2.05, 4.69) is 0 Å². The number of fused-ring (bicyclic) bond motifs is 3. The summed E-state index contributed by atoms with van der Waals surface area (Å²) in [5, 5.41) is 31.0. The molecule has 0 unspecified atom stereocenters. The Bertz CT molecular complexity index is 489. The second kappa shape index (κ2) is 5.42. The summed E-state index contributed by atoms with van der Waals surface area (Å²) in [6.07, 6.45) is 0.410. The van der Waals surface area contributed by atoms with E-state index in [1.807, 2.05) is 0 Å². The fourth-order valence-corrected chi connectivity index (χ4v) is 3.85. The van der Waals surface area contributed by atoms with Crippen LogP contribution in [0.4, 0.5) is 0 Å². The fourth-order valence-electron chi connectivity index (χ4n) is 3.85. The van der Waals surface area contributed by atoms with Crippen molar-refractivity contribution in [1.82, 2.24) is 4.90 Å². The minimum absolute atomic E-state index is 0. The summed E-state index contributed by atoms with van der Waals surface area (Å²) in [6.45, 7) is 1.54. The second-order valence-electron chi connectivity index (χ2n) is 5.61. The van der Waals surface area contributed by atoms with Crippen LogP contribution in [0.2, 0.25) is 0 Å². The number of amides is 1. The summed E-state index contributed by atoms with van der Waals surface area (Å²) in [5.74, 6) is -2.52. The van der Waals surface area contributed by atoms with E-state index in [-0.39, 0.29) is 53.1 Å². The van der Waals surface area contributed by atoms with Gasteiger partial charge in [0.15, 0.2) is 0 Å². The van der Waals surface area contributed by atoms with Crippen LogP contribution in [0.5, 0.6) is 0 Å². The van der Waals surface area contributed by atoms with Gasteiger partial charge >= 0.3 is 29.6 Å². The zero-order chi connectivity index (χ0) is 13.9. The Balaban J connectivity index is 0.00000147. The molecule has 104 valence electrons. The van der Waals surface area contributed by atoms with Crippen LogP contribution < -0.4 is 34.7 Å². The first-order valence-electron chi connectivity index (χ1n) is 6.59. The number of hydrogen-bond donors (Lipinski definition) is 2. The van der Waals surface area contributed by atoms with Gasteiger partial charge in [-0.25, -0.2) is 0 Å². The predicted molar refractivity (Wildman–Crippen MR) is 61.2 cm³/mol. The van der Waals surface area contributed by atoms with Crippen LogP contribution in [0, 0.1) is 11.8 Å². The fraction of sp³-hybridized carbons (Fsp3) is 0.692. The van der Waals surface area contributed by atoms with Crippen LogP contribution in [0.25, 0.3) is 0 Å². The van der Waals surface area contributed by atoms with E-state index in [4.69, 9.17) is 0 Å². The maximum absolute atomic E-state index is 12.0. The van der Waals surface area contributed by atoms with Crippen molar-refractivity contribution >= 4 is 11.9 Å². The number of carbonyl (C=O) groups excluding carboxylic acids is 2. The Kier molecular flexibility index (Phi) is 4.33. The SMILES string of the molecule is C[C@@H](O)[C@H]1C(=O)N2C(C(=O)[O-])=C3[C@H](O)CCC[C@H]3[C@H]12.[Na+]. The van der Waals surface area contributed by atoms with Gasteiger partial charge in [-0.2, -0.15) is 0 Å². The molecular formula is C13H16NNaO5. The molecule has 1 saturated carbocycles. The molecular weight excluding hydrogens is 273 g/mol. The minimum Gasteiger partial charge on any atom is -0.543 e. The number of aliphatic hydroxyl groups is 2. The van der Waals surface area contributed by atoms with Crippen molar-refractivity contribution in [3.63, 3.8) is 0 Å². The Hall–Kier alpha value is -0.400. The van der Waals surface area contributed by atoms with E-state index in [9.17, 15) is 24.9 Å². The molecule has 0 aromatic carbocycles. The molecule has 1 saturated heterocycles. The maximum Gasteiger partial charge on any atom is 1.00 e. The first kappa shape index (κ1) is 16.0. The van der Waals surface area contributed by atoms with Crippen molar-refractivity contribution in [2.24, 2.45) is 11.8 Å². The summed E-state index contributed by atoms with van der Waals surface area (Å²) in [7, 11) is 0. The number of aliphatic hydroxyl groups excluding tert-OH is 2. The molecule has 3 rings (SSSR count). The molecule has 0 aromatic heterocycles. The Morgan fingerprint density at radius 3 is 2.65 bits per heavy atom. The Morgan fingerprint density at radius 1 is 1.45 bits per heavy atom. The molecule has 1 aliphatic carbocycles. The van der Waals surface area contributed by atoms with Gasteiger partial charge in [0.2, 0.25) is 5.91 Å². The van der Waals surface area contributed by atoms with Gasteiger partial charge < -0.3 is 25.0 Å². The van der Waals surface area contributed by atoms with Gasteiger partial charge in [-0.15, -0.1) is 0 Å². The summed E-state index contributed by atoms with van der Waals surface area (Å²) in [6, 6.07) is -0.328. The van der Waals surface area contributed by atoms with E-state index in [1.165, 1.54) is 11.8 Å². The molecule has 0 bridgehead atoms. The predicted octanol–water partition coefficient (Wildman–Crippen LogP) is -4.62. The molecule has 0 aromatic rings. The molecule has 0 spiro atoms. The van der Waals surface area contributed by atoms with E-state index >= 15 is 0 Å². The van der Waals surface area contributed by atoms with Gasteiger partial charge in [-0.3, -0.25) is 4.79 Å². The van der Waals surface area contributed by atoms with Crippen LogP contribution in [0.1, 0.15) is 26.2 Å². The van der Waals surface area contributed by atoms with Crippen molar-refractivity contribution < 1.29 is 54.5 Å². The first-order chi connectivity index (χ1) is 8.95. The van der Waals surface area contributed by atoms with Gasteiger partial charge in [0.25, 0.3) is 0 Å². The number of carbonyl (C=O) groups is 2. The van der Waals surface area contributed by atoms with E-state index in [1.54, 1.807) is 0 Å². The van der Waals surface area contributed by atoms with Crippen molar-refractivity contribution in [2.75, 3.05) is 0 Å². The molecule has 5 atom stereocenters. The summed E-state index contributed by atoms with van der Waals surface area (Å²) < 4.78 is 0. The van der Waals surface area contributed by atoms with Crippen molar-refractivity contribution in [1.29, 1.82) is 0 Å². The quantitative estimate of drug-likeness (QED) is 0.393. The van der Waals surface area contributed by atoms with Gasteiger partial charge in [0.05, 0.1) is 35.8 Å². The molecule has 3 aliphatic rings. The van der Waals surface area contributed by atoms with E-state index in [0.717, 1.165) is 12.8 Å². The zero-order valence-corrected chi connectivity index (χ0v) is 13.6. The smallest absolute Gasteiger partial charge is 0.543 e. The maximum atomic E-state index is 12.0. The molecule has 7 heteroatoms. The molecule has 2 heterocycles. The van der Waals surface area contributed by atoms with Crippen LogP contribution in [-0.4, -0.2) is 45.2 Å². The normalized spacial score (nSPS) is 36.8. The summed E-state index contributed by atoms with van der Waals surface area (Å²) in [4.78, 5) is 24.5. The largest absolute Gasteiger partial charge is 1.00 e. The third kappa shape index (κ3) is 1.97. The minimum atomic E-state index is -1.42. The standard InChI is InChI=1S/C13H17NO5.Na/c1-5(15)8-10-6-3-2-4-7(16)9(6)11(13(18)19)14(10)12(8)17;/h5-8,10,15-16H,2-4H2,1H3,(H,18,19);/q;+1/p-1/t5-,6-,7-,8-,10-;/m1./s1. The molecule has 20 heavy (non-hydrogen) atoms. The van der Waals surface area contributed by atoms with E-state index in [0.29, 0.717) is 12.0 Å². The number of carboxylic acid groups (broad SMARTS) is 1. The van der Waals surface area contributed by atoms with Crippen LogP contribution in [0.15, 0.2) is 11.3 Å². The molecule has 6 nitrogen and oxygen atoms in total. The Morgan fingerprint density at radius 2 is 2.10 bits per heavy atom. The number of aliphatic carboxylic acids is 1. The van der Waals surface area contributed by atoms with Gasteiger partial charge in [0, 0.05) is 5.92 Å². The molecule has 0 radical (unpaired) electrons. The average molecular weight is 289 g/mol. The van der Waals surface area contributed by atoms with Crippen molar-refractivity contribution in [2.45, 2.75) is 44.4 Å². The van der Waals surface area contributed by atoms with Gasteiger partial charge in [0.1, 0.15) is 0 Å². The monoisotopic (exact) mass is 289 g/mol. The van der Waals surface area contributed by atoms with Crippen molar-refractivity contribution in [3.8, 4) is 0 Å². The number of hydrogen-bond acceptors (Lipinski definition) is 5. The first-order valence-corrected chi connectivity index (χ1v) is 6.59. The topological polar surface area (TPSA) is 101 Å². The molecule has 2 N–H and O–H groups in total. The van der Waals surface area contributed by atoms with Crippen molar-refractivity contribution in [3.05, 3.63) is 11.3 Å². The third-order valence-corrected chi connectivity index (χ3v) is 4.58. The van der Waals surface area contributed by atoms with Crippen LogP contribution >= 0.6 is 0 Å². The molecule has 2 fully saturated rings. The number of rotatable bonds is 2. The zero-order valence-electron chi connectivity index (χ0n) is 11.6. The van der Waals surface area contributed by atoms with Crippen LogP contribution in [0.3, 0.4) is 0 Å². The van der Waals surface area contributed by atoms with E-state index < -0.39 is 24.1 Å². The number of nitrogens with zero attached hydrogens (tertiary/aromatic N) is 1. The van der Waals surface area contributed by atoms with Gasteiger partial charge in [-0.05, 0) is 31.8 Å². The second-order valence-corrected chi connectivity index (χ2v) is 5.61. The third-order valence-electron chi connectivity index (χ3n) is 4.58. The number of carboxylic acids is 1. The van der Waals surface area contributed by atoms with Gasteiger partial charge in [-0.1, -0.05) is 0 Å². The summed E-state index contributed by atoms with van der Waals surface area (Å²) in [5.41, 5.74) is 0.261. The van der Waals surface area contributed by atoms with Crippen LogP contribution in [-0.2, 0) is 9.59 Å². The number of β-lactam (4-membered cyclic amide) rings is 1. The summed E-state index contributed by atoms with van der Waals surface area (Å²) >= 11 is 0.